The van der Waals surface area contributed by atoms with Gasteiger partial charge in [-0.05, 0) is 48.0 Å². The lowest BCUT2D eigenvalue weighted by Gasteiger charge is -2.24. The molecule has 7 heteroatoms. The first-order chi connectivity index (χ1) is 14.1. The van der Waals surface area contributed by atoms with Crippen LogP contribution in [0, 0.1) is 0 Å². The van der Waals surface area contributed by atoms with Crippen LogP contribution in [0.2, 0.25) is 5.02 Å². The quantitative estimate of drug-likeness (QED) is 0.512. The van der Waals surface area contributed by atoms with E-state index in [1.165, 1.54) is 6.33 Å². The molecule has 0 aliphatic carbocycles. The fourth-order valence-corrected chi connectivity index (χ4v) is 3.36. The maximum atomic E-state index is 11.8. The van der Waals surface area contributed by atoms with Gasteiger partial charge in [-0.15, -0.1) is 0 Å². The number of nitrogens with zero attached hydrogens (tertiary/aromatic N) is 3. The Morgan fingerprint density at radius 2 is 1.93 bits per heavy atom. The zero-order valence-electron chi connectivity index (χ0n) is 15.8. The number of aromatic nitrogens is 2. The maximum Gasteiger partial charge on any atom is 0.251 e. The van der Waals surface area contributed by atoms with Gasteiger partial charge in [-0.1, -0.05) is 23.7 Å². The number of nitrogens with one attached hydrogen (secondary N) is 1. The van der Waals surface area contributed by atoms with E-state index in [4.69, 9.17) is 16.0 Å². The Balaban J connectivity index is 1.70. The molecule has 4 aromatic rings. The molecule has 0 bridgehead atoms. The van der Waals surface area contributed by atoms with E-state index in [9.17, 15) is 4.79 Å². The van der Waals surface area contributed by atoms with Crippen LogP contribution in [0.3, 0.4) is 0 Å². The van der Waals surface area contributed by atoms with Crippen molar-refractivity contribution in [1.82, 2.24) is 15.3 Å². The van der Waals surface area contributed by atoms with Crippen LogP contribution in [0.25, 0.3) is 10.9 Å². The Bertz CT molecular complexity index is 1130. The van der Waals surface area contributed by atoms with E-state index in [1.54, 1.807) is 13.3 Å². The second-order valence-corrected chi connectivity index (χ2v) is 7.01. The van der Waals surface area contributed by atoms with Gasteiger partial charge in [-0.3, -0.25) is 4.79 Å². The molecule has 0 spiro atoms. The maximum absolute atomic E-state index is 11.8. The monoisotopic (exact) mass is 406 g/mol. The fraction of sp³-hybridized carbons (Fsp3) is 0.136. The molecule has 1 N–H and O–H groups in total. The average molecular weight is 407 g/mol. The minimum Gasteiger partial charge on any atom is -0.467 e. The molecule has 29 heavy (non-hydrogen) atoms. The van der Waals surface area contributed by atoms with Crippen molar-refractivity contribution in [2.75, 3.05) is 11.9 Å². The lowest BCUT2D eigenvalue weighted by molar-refractivity contribution is 0.0963. The van der Waals surface area contributed by atoms with Crippen molar-refractivity contribution in [2.45, 2.75) is 13.1 Å². The van der Waals surface area contributed by atoms with Gasteiger partial charge in [-0.25, -0.2) is 9.97 Å². The molecule has 0 aliphatic heterocycles. The molecule has 2 aromatic heterocycles. The highest BCUT2D eigenvalue weighted by Gasteiger charge is 2.16. The Kier molecular flexibility index (Phi) is 5.44. The molecule has 4 rings (SSSR count). The number of hydrogen-bond acceptors (Lipinski definition) is 5. The Hall–Kier alpha value is -3.38. The predicted molar refractivity (Wildman–Crippen MR) is 113 cm³/mol. The van der Waals surface area contributed by atoms with Gasteiger partial charge in [0.2, 0.25) is 0 Å². The molecule has 2 aromatic carbocycles. The zero-order chi connectivity index (χ0) is 20.2. The molecule has 0 saturated heterocycles. The van der Waals surface area contributed by atoms with Gasteiger partial charge in [0.05, 0.1) is 18.3 Å². The number of anilines is 1. The van der Waals surface area contributed by atoms with Gasteiger partial charge in [0.1, 0.15) is 17.9 Å². The van der Waals surface area contributed by atoms with E-state index < -0.39 is 0 Å². The smallest absolute Gasteiger partial charge is 0.251 e. The van der Waals surface area contributed by atoms with Crippen LogP contribution >= 0.6 is 11.6 Å². The van der Waals surface area contributed by atoms with Crippen molar-refractivity contribution in [3.63, 3.8) is 0 Å². The Labute approximate surface area is 173 Å². The number of rotatable bonds is 6. The third kappa shape index (κ3) is 4.22. The molecule has 146 valence electrons. The van der Waals surface area contributed by atoms with Gasteiger partial charge in [0, 0.05) is 29.6 Å². The van der Waals surface area contributed by atoms with Gasteiger partial charge in [0.15, 0.2) is 0 Å². The van der Waals surface area contributed by atoms with Crippen LogP contribution in [0.1, 0.15) is 21.7 Å². The summed E-state index contributed by atoms with van der Waals surface area (Å²) in [5.41, 5.74) is 2.45. The topological polar surface area (TPSA) is 71.3 Å². The normalized spacial score (nSPS) is 10.8. The van der Waals surface area contributed by atoms with Crippen molar-refractivity contribution >= 4 is 34.2 Å². The van der Waals surface area contributed by atoms with E-state index >= 15 is 0 Å². The first kappa shape index (κ1) is 19.0. The van der Waals surface area contributed by atoms with Crippen molar-refractivity contribution in [1.29, 1.82) is 0 Å². The number of carbonyl (C=O) groups is 1. The number of fused-ring (bicyclic) bond motifs is 1. The van der Waals surface area contributed by atoms with E-state index in [2.05, 4.69) is 20.2 Å². The number of furan rings is 1. The van der Waals surface area contributed by atoms with E-state index in [0.29, 0.717) is 23.7 Å². The highest BCUT2D eigenvalue weighted by atomic mass is 35.5. The average Bonchev–Trinajstić information content (AvgIpc) is 3.26. The van der Waals surface area contributed by atoms with Gasteiger partial charge in [0.25, 0.3) is 5.91 Å². The summed E-state index contributed by atoms with van der Waals surface area (Å²) in [5.74, 6) is 1.51. The van der Waals surface area contributed by atoms with Crippen molar-refractivity contribution in [3.05, 3.63) is 89.1 Å². The zero-order valence-corrected chi connectivity index (χ0v) is 16.6. The van der Waals surface area contributed by atoms with Crippen LogP contribution in [0.5, 0.6) is 0 Å². The number of amides is 1. The molecule has 0 radical (unpaired) electrons. The molecule has 0 aliphatic rings. The second-order valence-electron chi connectivity index (χ2n) is 6.57. The van der Waals surface area contributed by atoms with Crippen LogP contribution in [-0.2, 0) is 13.1 Å². The van der Waals surface area contributed by atoms with Crippen LogP contribution in [-0.4, -0.2) is 22.9 Å². The largest absolute Gasteiger partial charge is 0.467 e. The van der Waals surface area contributed by atoms with Gasteiger partial charge < -0.3 is 14.6 Å². The van der Waals surface area contributed by atoms with Gasteiger partial charge in [-0.2, -0.15) is 0 Å². The van der Waals surface area contributed by atoms with E-state index in [0.717, 1.165) is 28.0 Å². The molecular formula is C22H19ClN4O2. The van der Waals surface area contributed by atoms with Crippen LogP contribution in [0.4, 0.5) is 5.82 Å². The summed E-state index contributed by atoms with van der Waals surface area (Å²) in [6.45, 7) is 1.13. The molecule has 0 atom stereocenters. The molecular weight excluding hydrogens is 388 g/mol. The Morgan fingerprint density at radius 3 is 2.66 bits per heavy atom. The number of halogens is 1. The SMILES string of the molecule is CNC(=O)c1ccc(CN(Cc2ccco2)c2ncnc3cc(Cl)ccc23)cc1. The first-order valence-electron chi connectivity index (χ1n) is 9.12. The van der Waals surface area contributed by atoms with Crippen LogP contribution < -0.4 is 10.2 Å². The summed E-state index contributed by atoms with van der Waals surface area (Å²) in [7, 11) is 1.62. The summed E-state index contributed by atoms with van der Waals surface area (Å²) in [4.78, 5) is 22.8. The fourth-order valence-electron chi connectivity index (χ4n) is 3.19. The number of benzene rings is 2. The van der Waals surface area contributed by atoms with Crippen molar-refractivity contribution in [3.8, 4) is 0 Å². The third-order valence-electron chi connectivity index (χ3n) is 4.62. The second kappa shape index (κ2) is 8.32. The molecule has 0 saturated carbocycles. The summed E-state index contributed by atoms with van der Waals surface area (Å²) in [6, 6.07) is 16.9. The minimum absolute atomic E-state index is 0.109. The molecule has 1 amide bonds. The number of hydrogen-bond donors (Lipinski definition) is 1. The van der Waals surface area contributed by atoms with E-state index in [1.807, 2.05) is 54.6 Å². The predicted octanol–water partition coefficient (Wildman–Crippen LogP) is 4.44. The summed E-state index contributed by atoms with van der Waals surface area (Å²) < 4.78 is 5.56. The standard InChI is InChI=1S/C22H19ClN4O2/c1-24-22(28)16-6-4-15(5-7-16)12-27(13-18-3-2-10-29-18)21-19-9-8-17(23)11-20(19)25-14-26-21/h2-11,14H,12-13H2,1H3,(H,24,28). The summed E-state index contributed by atoms with van der Waals surface area (Å²) in [5, 5.41) is 4.17. The molecule has 6 nitrogen and oxygen atoms in total. The summed E-state index contributed by atoms with van der Waals surface area (Å²) in [6.07, 6.45) is 3.20. The minimum atomic E-state index is -0.109. The number of carbonyl (C=O) groups excluding carboxylic acids is 1. The van der Waals surface area contributed by atoms with Gasteiger partial charge >= 0.3 is 0 Å². The van der Waals surface area contributed by atoms with Crippen molar-refractivity contribution < 1.29 is 9.21 Å². The summed E-state index contributed by atoms with van der Waals surface area (Å²) >= 11 is 6.13. The Morgan fingerprint density at radius 1 is 1.10 bits per heavy atom. The van der Waals surface area contributed by atoms with E-state index in [-0.39, 0.29) is 5.91 Å². The molecule has 2 heterocycles. The third-order valence-corrected chi connectivity index (χ3v) is 4.86. The molecule has 0 fully saturated rings. The lowest BCUT2D eigenvalue weighted by Crippen LogP contribution is -2.23. The highest BCUT2D eigenvalue weighted by Crippen LogP contribution is 2.28. The van der Waals surface area contributed by atoms with Crippen LogP contribution in [0.15, 0.2) is 71.6 Å². The highest BCUT2D eigenvalue weighted by molar-refractivity contribution is 6.31. The van der Waals surface area contributed by atoms with Crippen molar-refractivity contribution in [2.24, 2.45) is 0 Å². The lowest BCUT2D eigenvalue weighted by atomic mass is 10.1. The first-order valence-corrected chi connectivity index (χ1v) is 9.50. The molecule has 0 unspecified atom stereocenters.